The second-order valence-corrected chi connectivity index (χ2v) is 5.12. The predicted molar refractivity (Wildman–Crippen MR) is 63.4 cm³/mol. The molecule has 2 nitrogen and oxygen atoms in total. The average Bonchev–Trinajstić information content (AvgIpc) is 3.02. The van der Waals surface area contributed by atoms with Crippen molar-refractivity contribution in [2.24, 2.45) is 0 Å². The van der Waals surface area contributed by atoms with E-state index >= 15 is 0 Å². The van der Waals surface area contributed by atoms with Crippen LogP contribution in [0.5, 0.6) is 0 Å². The maximum atomic E-state index is 5.68. The van der Waals surface area contributed by atoms with E-state index in [1.54, 1.807) is 18.4 Å². The van der Waals surface area contributed by atoms with Crippen molar-refractivity contribution < 1.29 is 4.74 Å². The molecular formula is C12H19NOS. The van der Waals surface area contributed by atoms with Crippen molar-refractivity contribution in [3.05, 3.63) is 16.1 Å². The van der Waals surface area contributed by atoms with E-state index in [9.17, 15) is 0 Å². The lowest BCUT2D eigenvalue weighted by Crippen LogP contribution is -2.26. The lowest BCUT2D eigenvalue weighted by atomic mass is 9.98. The summed E-state index contributed by atoms with van der Waals surface area (Å²) in [6.45, 7) is 4.34. The van der Waals surface area contributed by atoms with Gasteiger partial charge in [-0.15, -0.1) is 11.3 Å². The van der Waals surface area contributed by atoms with Crippen molar-refractivity contribution in [1.29, 1.82) is 0 Å². The summed E-state index contributed by atoms with van der Waals surface area (Å²) < 4.78 is 5.68. The summed E-state index contributed by atoms with van der Waals surface area (Å²) in [4.78, 5) is 4.75. The van der Waals surface area contributed by atoms with Gasteiger partial charge in [0.05, 0.1) is 5.69 Å². The van der Waals surface area contributed by atoms with Gasteiger partial charge in [0, 0.05) is 18.4 Å². The molecule has 0 unspecified atom stereocenters. The number of ether oxygens (including phenoxy) is 1. The molecular weight excluding hydrogens is 206 g/mol. The lowest BCUT2D eigenvalue weighted by molar-refractivity contribution is -0.0219. The molecule has 1 saturated carbocycles. The number of aromatic nitrogens is 1. The second-order valence-electron chi connectivity index (χ2n) is 4.26. The third-order valence-corrected chi connectivity index (χ3v) is 4.49. The minimum Gasteiger partial charge on any atom is -0.371 e. The normalized spacial score (nSPS) is 17.0. The van der Waals surface area contributed by atoms with Crippen molar-refractivity contribution >= 4 is 11.3 Å². The van der Waals surface area contributed by atoms with Gasteiger partial charge in [-0.05, 0) is 25.7 Å². The maximum Gasteiger partial charge on any atom is 0.125 e. The zero-order chi connectivity index (χ0) is 10.9. The Kier molecular flexibility index (Phi) is 3.12. The van der Waals surface area contributed by atoms with Gasteiger partial charge in [0.25, 0.3) is 0 Å². The van der Waals surface area contributed by atoms with Crippen LogP contribution in [-0.2, 0) is 10.3 Å². The molecule has 0 aromatic carbocycles. The highest BCUT2D eigenvalue weighted by Crippen LogP contribution is 2.42. The number of nitrogens with zero attached hydrogens (tertiary/aromatic N) is 1. The van der Waals surface area contributed by atoms with Gasteiger partial charge < -0.3 is 4.74 Å². The van der Waals surface area contributed by atoms with E-state index in [-0.39, 0.29) is 5.60 Å². The van der Waals surface area contributed by atoms with Crippen molar-refractivity contribution in [2.45, 2.75) is 51.0 Å². The Bertz CT molecular complexity index is 318. The Morgan fingerprint density at radius 1 is 1.47 bits per heavy atom. The number of thiazole rings is 1. The van der Waals surface area contributed by atoms with Crippen LogP contribution in [0.1, 0.15) is 56.2 Å². The van der Waals surface area contributed by atoms with Gasteiger partial charge >= 0.3 is 0 Å². The van der Waals surface area contributed by atoms with Crippen LogP contribution in [0.4, 0.5) is 0 Å². The van der Waals surface area contributed by atoms with Crippen molar-refractivity contribution in [1.82, 2.24) is 4.98 Å². The molecule has 1 aromatic heterocycles. The number of rotatable bonds is 5. The first-order valence-corrected chi connectivity index (χ1v) is 6.64. The van der Waals surface area contributed by atoms with E-state index in [1.807, 2.05) is 0 Å². The molecule has 1 heterocycles. The zero-order valence-corrected chi connectivity index (χ0v) is 10.6. The molecule has 1 fully saturated rings. The maximum absolute atomic E-state index is 5.68. The molecule has 0 bridgehead atoms. The Balaban J connectivity index is 2.24. The van der Waals surface area contributed by atoms with E-state index in [2.05, 4.69) is 19.2 Å². The van der Waals surface area contributed by atoms with E-state index in [1.165, 1.54) is 18.5 Å². The highest BCUT2D eigenvalue weighted by atomic mass is 32.1. The van der Waals surface area contributed by atoms with Gasteiger partial charge in [-0.25, -0.2) is 4.98 Å². The largest absolute Gasteiger partial charge is 0.371 e. The summed E-state index contributed by atoms with van der Waals surface area (Å²) in [5.41, 5.74) is 1.15. The van der Waals surface area contributed by atoms with Crippen LogP contribution in [0.15, 0.2) is 5.38 Å². The predicted octanol–water partition coefficient (Wildman–Crippen LogP) is 3.68. The molecule has 0 N–H and O–H groups in total. The minimum absolute atomic E-state index is 0.141. The van der Waals surface area contributed by atoms with Crippen molar-refractivity contribution in [3.63, 3.8) is 0 Å². The highest BCUT2D eigenvalue weighted by Gasteiger charge is 2.33. The highest BCUT2D eigenvalue weighted by molar-refractivity contribution is 7.09. The molecule has 1 aromatic rings. The Morgan fingerprint density at radius 3 is 2.60 bits per heavy atom. The average molecular weight is 225 g/mol. The van der Waals surface area contributed by atoms with Gasteiger partial charge in [0.15, 0.2) is 0 Å². The summed E-state index contributed by atoms with van der Waals surface area (Å²) in [5.74, 6) is 0.748. The fraction of sp³-hybridized carbons (Fsp3) is 0.750. The molecule has 1 aliphatic carbocycles. The summed E-state index contributed by atoms with van der Waals surface area (Å²) in [6, 6.07) is 0. The first kappa shape index (κ1) is 11.1. The van der Waals surface area contributed by atoms with Gasteiger partial charge in [-0.1, -0.05) is 13.8 Å². The van der Waals surface area contributed by atoms with Crippen LogP contribution in [0.3, 0.4) is 0 Å². The zero-order valence-electron chi connectivity index (χ0n) is 9.75. The van der Waals surface area contributed by atoms with Crippen molar-refractivity contribution in [2.75, 3.05) is 7.11 Å². The lowest BCUT2D eigenvalue weighted by Gasteiger charge is -2.27. The molecule has 2 rings (SSSR count). The molecule has 0 aliphatic heterocycles. The topological polar surface area (TPSA) is 22.1 Å². The third-order valence-electron chi connectivity index (χ3n) is 3.44. The molecule has 0 amide bonds. The Morgan fingerprint density at radius 2 is 2.13 bits per heavy atom. The summed E-state index contributed by atoms with van der Waals surface area (Å²) in [6.07, 6.45) is 4.64. The van der Waals surface area contributed by atoms with Gasteiger partial charge in [-0.2, -0.15) is 0 Å². The number of hydrogen-bond donors (Lipinski definition) is 0. The smallest absolute Gasteiger partial charge is 0.125 e. The fourth-order valence-electron chi connectivity index (χ4n) is 1.99. The molecule has 84 valence electrons. The Hall–Kier alpha value is -0.410. The minimum atomic E-state index is -0.141. The summed E-state index contributed by atoms with van der Waals surface area (Å²) in [7, 11) is 1.80. The molecule has 0 atom stereocenters. The van der Waals surface area contributed by atoms with Crippen LogP contribution in [-0.4, -0.2) is 12.1 Å². The molecule has 1 aliphatic rings. The molecule has 0 saturated heterocycles. The molecule has 0 spiro atoms. The van der Waals surface area contributed by atoms with Gasteiger partial charge in [-0.3, -0.25) is 0 Å². The van der Waals surface area contributed by atoms with Crippen LogP contribution >= 0.6 is 11.3 Å². The van der Waals surface area contributed by atoms with Gasteiger partial charge in [0.1, 0.15) is 10.6 Å². The Labute approximate surface area is 95.7 Å². The van der Waals surface area contributed by atoms with Crippen LogP contribution in [0, 0.1) is 0 Å². The van der Waals surface area contributed by atoms with Gasteiger partial charge in [0.2, 0.25) is 0 Å². The third kappa shape index (κ3) is 1.95. The fourth-order valence-corrected chi connectivity index (χ4v) is 3.21. The molecule has 15 heavy (non-hydrogen) atoms. The number of hydrogen-bond acceptors (Lipinski definition) is 3. The van der Waals surface area contributed by atoms with Crippen molar-refractivity contribution in [3.8, 4) is 0 Å². The summed E-state index contributed by atoms with van der Waals surface area (Å²) >= 11 is 1.76. The van der Waals surface area contributed by atoms with E-state index in [0.717, 1.165) is 23.8 Å². The van der Waals surface area contributed by atoms with E-state index in [0.29, 0.717) is 0 Å². The molecule has 0 radical (unpaired) electrons. The number of methoxy groups -OCH3 is 1. The standard InChI is InChI=1S/C12H19NOS/c1-4-12(5-2,14-3)11-13-10(8-15-11)9-6-7-9/h8-9H,4-7H2,1-3H3. The molecule has 3 heteroatoms. The monoisotopic (exact) mass is 225 g/mol. The van der Waals surface area contributed by atoms with E-state index < -0.39 is 0 Å². The van der Waals surface area contributed by atoms with E-state index in [4.69, 9.17) is 9.72 Å². The quantitative estimate of drug-likeness (QED) is 0.762. The van der Waals surface area contributed by atoms with Crippen LogP contribution in [0.25, 0.3) is 0 Å². The first-order chi connectivity index (χ1) is 7.25. The second kappa shape index (κ2) is 4.22. The SMILES string of the molecule is CCC(CC)(OC)c1nc(C2CC2)cs1. The summed E-state index contributed by atoms with van der Waals surface area (Å²) in [5, 5.41) is 3.38. The first-order valence-electron chi connectivity index (χ1n) is 5.76. The van der Waals surface area contributed by atoms with Crippen LogP contribution in [0.2, 0.25) is 0 Å². The van der Waals surface area contributed by atoms with Crippen LogP contribution < -0.4 is 0 Å².